The number of nitrogens with zero attached hydrogens (tertiary/aromatic N) is 1. The van der Waals surface area contributed by atoms with Crippen LogP contribution in [0.2, 0.25) is 0 Å². The van der Waals surface area contributed by atoms with Crippen molar-refractivity contribution in [3.05, 3.63) is 17.8 Å². The summed E-state index contributed by atoms with van der Waals surface area (Å²) in [5, 5.41) is 0.768. The zero-order chi connectivity index (χ0) is 7.56. The number of carbonyl (C=O) groups excluding carboxylic acids is 1. The largest absolute Gasteiger partial charge is 0.298 e. The second-order valence-electron chi connectivity index (χ2n) is 1.86. The SMILES string of the molecule is [B]c1cc(C=O)c(P)cn1. The van der Waals surface area contributed by atoms with Crippen molar-refractivity contribution in [3.63, 3.8) is 0 Å². The van der Waals surface area contributed by atoms with E-state index in [1.807, 2.05) is 0 Å². The molecule has 1 aromatic rings. The molecule has 2 radical (unpaired) electrons. The molecule has 1 unspecified atom stereocenters. The van der Waals surface area contributed by atoms with E-state index in [9.17, 15) is 4.79 Å². The second kappa shape index (κ2) is 2.93. The first-order valence-corrected chi connectivity index (χ1v) is 3.28. The van der Waals surface area contributed by atoms with Crippen molar-refractivity contribution in [1.82, 2.24) is 4.98 Å². The predicted octanol–water partition coefficient (Wildman–Crippen LogP) is -0.812. The molecule has 10 heavy (non-hydrogen) atoms. The van der Waals surface area contributed by atoms with Crippen LogP contribution >= 0.6 is 9.24 Å². The summed E-state index contributed by atoms with van der Waals surface area (Å²) in [6, 6.07) is 1.54. The highest BCUT2D eigenvalue weighted by Gasteiger charge is 1.95. The standard InChI is InChI=1S/C6H5BNOP/c7-6-1-4(3-9)5(10)2-8-6/h1-3H,10H2. The molecule has 1 rings (SSSR count). The van der Waals surface area contributed by atoms with Crippen LogP contribution in [0.15, 0.2) is 12.3 Å². The molecule has 0 saturated carbocycles. The topological polar surface area (TPSA) is 30.0 Å². The fourth-order valence-electron chi connectivity index (χ4n) is 0.601. The van der Waals surface area contributed by atoms with E-state index in [0.717, 1.165) is 11.6 Å². The van der Waals surface area contributed by atoms with Crippen LogP contribution in [0.3, 0.4) is 0 Å². The molecule has 4 heteroatoms. The number of pyridine rings is 1. The minimum absolute atomic E-state index is 0.369. The van der Waals surface area contributed by atoms with Crippen LogP contribution < -0.4 is 10.9 Å². The minimum Gasteiger partial charge on any atom is -0.298 e. The molecule has 0 aliphatic heterocycles. The van der Waals surface area contributed by atoms with Crippen molar-refractivity contribution >= 4 is 34.3 Å². The Kier molecular flexibility index (Phi) is 2.18. The molecule has 1 atom stereocenters. The molecule has 0 bridgehead atoms. The Bertz CT molecular complexity index is 264. The zero-order valence-corrected chi connectivity index (χ0v) is 6.40. The summed E-state index contributed by atoms with van der Waals surface area (Å²) in [6.45, 7) is 0. The van der Waals surface area contributed by atoms with Crippen molar-refractivity contribution in [1.29, 1.82) is 0 Å². The lowest BCUT2D eigenvalue weighted by Gasteiger charge is -1.96. The van der Waals surface area contributed by atoms with Gasteiger partial charge in [0, 0.05) is 11.8 Å². The molecule has 0 aromatic carbocycles. The molecule has 48 valence electrons. The van der Waals surface area contributed by atoms with Gasteiger partial charge in [-0.3, -0.25) is 9.78 Å². The Morgan fingerprint density at radius 3 is 2.90 bits per heavy atom. The lowest BCUT2D eigenvalue weighted by atomic mass is 10.0. The summed E-state index contributed by atoms with van der Waals surface area (Å²) in [7, 11) is 7.73. The Morgan fingerprint density at radius 2 is 2.40 bits per heavy atom. The van der Waals surface area contributed by atoms with Crippen LogP contribution in [-0.2, 0) is 0 Å². The molecular formula is C6H5BNOP. The molecule has 0 amide bonds. The highest BCUT2D eigenvalue weighted by atomic mass is 31.0. The number of carbonyl (C=O) groups is 1. The maximum atomic E-state index is 10.3. The van der Waals surface area contributed by atoms with Gasteiger partial charge in [-0.1, -0.05) is 0 Å². The van der Waals surface area contributed by atoms with Gasteiger partial charge in [-0.05, 0) is 17.0 Å². The van der Waals surface area contributed by atoms with E-state index in [-0.39, 0.29) is 0 Å². The molecule has 0 N–H and O–H groups in total. The normalized spacial score (nSPS) is 9.30. The van der Waals surface area contributed by atoms with Gasteiger partial charge in [-0.25, -0.2) is 0 Å². The second-order valence-corrected chi connectivity index (χ2v) is 2.48. The van der Waals surface area contributed by atoms with Gasteiger partial charge in [0.25, 0.3) is 0 Å². The summed E-state index contributed by atoms with van der Waals surface area (Å²) in [4.78, 5) is 14.1. The minimum atomic E-state index is 0.369. The van der Waals surface area contributed by atoms with E-state index >= 15 is 0 Å². The van der Waals surface area contributed by atoms with Gasteiger partial charge in [-0.2, -0.15) is 0 Å². The van der Waals surface area contributed by atoms with Crippen LogP contribution in [0.5, 0.6) is 0 Å². The van der Waals surface area contributed by atoms with Crippen molar-refractivity contribution in [2.24, 2.45) is 0 Å². The Morgan fingerprint density at radius 1 is 1.70 bits per heavy atom. The smallest absolute Gasteiger partial charge is 0.150 e. The fourth-order valence-corrected chi connectivity index (χ4v) is 0.827. The van der Waals surface area contributed by atoms with Gasteiger partial charge in [0.1, 0.15) is 7.85 Å². The van der Waals surface area contributed by atoms with Crippen molar-refractivity contribution in [2.45, 2.75) is 0 Å². The van der Waals surface area contributed by atoms with E-state index in [1.54, 1.807) is 6.20 Å². The monoisotopic (exact) mass is 149 g/mol. The van der Waals surface area contributed by atoms with Gasteiger partial charge >= 0.3 is 0 Å². The van der Waals surface area contributed by atoms with Gasteiger partial charge in [0.2, 0.25) is 0 Å². The highest BCUT2D eigenvalue weighted by Crippen LogP contribution is 1.91. The third kappa shape index (κ3) is 1.42. The fraction of sp³-hybridized carbons (Fsp3) is 0. The number of rotatable bonds is 1. The quantitative estimate of drug-likeness (QED) is 0.297. The molecule has 0 spiro atoms. The Labute approximate surface area is 62.7 Å². The maximum Gasteiger partial charge on any atom is 0.150 e. The number of hydrogen-bond acceptors (Lipinski definition) is 2. The molecule has 0 aliphatic rings. The van der Waals surface area contributed by atoms with Gasteiger partial charge < -0.3 is 0 Å². The molecular weight excluding hydrogens is 144 g/mol. The summed E-state index contributed by atoms with van der Waals surface area (Å²) in [5.74, 6) is 0. The highest BCUT2D eigenvalue weighted by molar-refractivity contribution is 7.27. The average Bonchev–Trinajstić information content (AvgIpc) is 1.94. The van der Waals surface area contributed by atoms with Gasteiger partial charge in [-0.15, -0.1) is 9.24 Å². The number of hydrogen-bond donors (Lipinski definition) is 0. The number of aldehydes is 1. The van der Waals surface area contributed by atoms with E-state index in [1.165, 1.54) is 6.07 Å². The van der Waals surface area contributed by atoms with Gasteiger partial charge in [0.15, 0.2) is 6.29 Å². The lowest BCUT2D eigenvalue weighted by molar-refractivity contribution is 0.112. The van der Waals surface area contributed by atoms with Crippen LogP contribution in [0.4, 0.5) is 0 Å². The maximum absolute atomic E-state index is 10.3. The Hall–Kier alpha value is -0.685. The summed E-state index contributed by atoms with van der Waals surface area (Å²) in [5.41, 5.74) is 0.936. The molecule has 0 saturated heterocycles. The molecule has 0 fully saturated rings. The summed E-state index contributed by atoms with van der Waals surface area (Å²) >= 11 is 0. The van der Waals surface area contributed by atoms with Gasteiger partial charge in [0.05, 0.1) is 0 Å². The molecule has 1 aromatic heterocycles. The van der Waals surface area contributed by atoms with E-state index < -0.39 is 0 Å². The van der Waals surface area contributed by atoms with E-state index in [2.05, 4.69) is 14.2 Å². The van der Waals surface area contributed by atoms with E-state index in [4.69, 9.17) is 7.85 Å². The third-order valence-corrected chi connectivity index (χ3v) is 1.60. The number of aromatic nitrogens is 1. The summed E-state index contributed by atoms with van der Waals surface area (Å²) < 4.78 is 0. The first-order chi connectivity index (χ1) is 4.74. The van der Waals surface area contributed by atoms with Crippen LogP contribution in [-0.4, -0.2) is 19.1 Å². The van der Waals surface area contributed by atoms with Crippen molar-refractivity contribution < 1.29 is 4.79 Å². The first kappa shape index (κ1) is 7.42. The van der Waals surface area contributed by atoms with Crippen molar-refractivity contribution in [3.8, 4) is 0 Å². The molecule has 2 nitrogen and oxygen atoms in total. The van der Waals surface area contributed by atoms with Crippen LogP contribution in [0.1, 0.15) is 10.4 Å². The van der Waals surface area contributed by atoms with Crippen LogP contribution in [0.25, 0.3) is 0 Å². The summed E-state index contributed by atoms with van der Waals surface area (Å²) in [6.07, 6.45) is 2.30. The Balaban J connectivity index is 3.21. The predicted molar refractivity (Wildman–Crippen MR) is 44.4 cm³/mol. The average molecular weight is 149 g/mol. The van der Waals surface area contributed by atoms with Crippen molar-refractivity contribution in [2.75, 3.05) is 0 Å². The third-order valence-electron chi connectivity index (χ3n) is 1.12. The lowest BCUT2D eigenvalue weighted by Crippen LogP contribution is -2.14. The van der Waals surface area contributed by atoms with E-state index in [0.29, 0.717) is 11.2 Å². The molecule has 0 aliphatic carbocycles. The van der Waals surface area contributed by atoms with Crippen LogP contribution in [0, 0.1) is 0 Å². The zero-order valence-electron chi connectivity index (χ0n) is 5.24. The first-order valence-electron chi connectivity index (χ1n) is 2.70. The molecule has 1 heterocycles.